The largest absolute Gasteiger partial charge is 0.297 e. The van der Waals surface area contributed by atoms with Gasteiger partial charge in [-0.2, -0.15) is 8.42 Å². The van der Waals surface area contributed by atoms with Crippen molar-refractivity contribution in [3.63, 3.8) is 0 Å². The summed E-state index contributed by atoms with van der Waals surface area (Å²) in [5.74, 6) is 0. The summed E-state index contributed by atoms with van der Waals surface area (Å²) in [6.45, 7) is 0. The molecule has 3 N–H and O–H groups in total. The lowest BCUT2D eigenvalue weighted by atomic mass is 10.1. The van der Waals surface area contributed by atoms with Crippen molar-refractivity contribution in [2.75, 3.05) is 9.44 Å². The molecule has 9 nitrogen and oxygen atoms in total. The molecule has 0 saturated carbocycles. The molecule has 0 unspecified atom stereocenters. The smallest absolute Gasteiger partial charge is 0.282 e. The molecule has 0 bridgehead atoms. The molecule has 38 heavy (non-hydrogen) atoms. The van der Waals surface area contributed by atoms with E-state index >= 15 is 0 Å². The highest BCUT2D eigenvalue weighted by Crippen LogP contribution is 2.39. The van der Waals surface area contributed by atoms with Crippen LogP contribution in [-0.2, 0) is 30.2 Å². The van der Waals surface area contributed by atoms with Crippen molar-refractivity contribution in [3.05, 3.63) is 103 Å². The van der Waals surface area contributed by atoms with Crippen LogP contribution in [0.5, 0.6) is 0 Å². The summed E-state index contributed by atoms with van der Waals surface area (Å²) in [5, 5.41) is 1.65. The molecular weight excluding hydrogens is 548 g/mol. The number of nitrogens with one attached hydrogen (secondary N) is 2. The Hall–Kier alpha value is -3.97. The van der Waals surface area contributed by atoms with Gasteiger partial charge in [0.2, 0.25) is 0 Å². The van der Waals surface area contributed by atoms with Gasteiger partial charge in [-0.3, -0.25) is 14.0 Å². The van der Waals surface area contributed by atoms with Crippen LogP contribution >= 0.6 is 0 Å². The van der Waals surface area contributed by atoms with Crippen molar-refractivity contribution in [1.29, 1.82) is 0 Å². The Labute approximate surface area is 219 Å². The van der Waals surface area contributed by atoms with Crippen molar-refractivity contribution >= 4 is 63.1 Å². The van der Waals surface area contributed by atoms with Gasteiger partial charge in [0.15, 0.2) is 0 Å². The van der Waals surface area contributed by atoms with Crippen LogP contribution in [-0.4, -0.2) is 29.8 Å². The van der Waals surface area contributed by atoms with Crippen molar-refractivity contribution in [1.82, 2.24) is 0 Å². The first-order valence-corrected chi connectivity index (χ1v) is 15.5. The Morgan fingerprint density at radius 3 is 1.79 bits per heavy atom. The van der Waals surface area contributed by atoms with Crippen molar-refractivity contribution in [2.45, 2.75) is 14.7 Å². The molecule has 0 aromatic heterocycles. The van der Waals surface area contributed by atoms with Gasteiger partial charge in [0.1, 0.15) is 4.90 Å². The number of fused-ring (bicyclic) bond motifs is 2. The maximum atomic E-state index is 13.5. The van der Waals surface area contributed by atoms with Crippen LogP contribution in [0.3, 0.4) is 0 Å². The Morgan fingerprint density at radius 2 is 1.11 bits per heavy atom. The van der Waals surface area contributed by atoms with E-state index in [4.69, 9.17) is 0 Å². The standard InChI is InChI=1S/C26H20N2O7S3/c29-36(30,21-11-2-1-3-12-21)27-24-17-20-10-6-7-13-23(20)26(38(33,34)35)25(24)28-37(31,32)22-15-14-18-8-4-5-9-19(18)16-22/h1-17,27-28H,(H,33,34,35). The molecule has 0 aliphatic rings. The fourth-order valence-electron chi connectivity index (χ4n) is 4.10. The fraction of sp³-hybridized carbons (Fsp3) is 0. The van der Waals surface area contributed by atoms with E-state index < -0.39 is 40.7 Å². The molecule has 0 aliphatic carbocycles. The van der Waals surface area contributed by atoms with Crippen LogP contribution < -0.4 is 9.44 Å². The third kappa shape index (κ3) is 4.94. The highest BCUT2D eigenvalue weighted by Gasteiger charge is 2.29. The summed E-state index contributed by atoms with van der Waals surface area (Å²) in [5.41, 5.74) is -1.02. The molecule has 0 amide bonds. The van der Waals surface area contributed by atoms with Crippen LogP contribution in [0, 0.1) is 0 Å². The second-order valence-corrected chi connectivity index (χ2v) is 13.1. The quantitative estimate of drug-likeness (QED) is 0.238. The third-order valence-corrected chi connectivity index (χ3v) is 9.49. The second kappa shape index (κ2) is 9.40. The molecule has 0 fully saturated rings. The SMILES string of the molecule is O=S(=O)(O)c1c(NS(=O)(=O)c2ccc3ccccc3c2)c(NS(=O)(=O)c2ccccc2)cc2ccccc12. The Kier molecular flexibility index (Phi) is 6.35. The first kappa shape index (κ1) is 25.7. The zero-order chi connectivity index (χ0) is 27.1. The van der Waals surface area contributed by atoms with Crippen LogP contribution in [0.4, 0.5) is 11.4 Å². The minimum Gasteiger partial charge on any atom is -0.282 e. The van der Waals surface area contributed by atoms with Gasteiger partial charge in [0, 0.05) is 5.39 Å². The third-order valence-electron chi connectivity index (χ3n) is 5.83. The highest BCUT2D eigenvalue weighted by molar-refractivity contribution is 7.93. The van der Waals surface area contributed by atoms with Gasteiger partial charge in [0.25, 0.3) is 30.2 Å². The summed E-state index contributed by atoms with van der Waals surface area (Å²) < 4.78 is 93.1. The van der Waals surface area contributed by atoms with Crippen LogP contribution in [0.25, 0.3) is 21.5 Å². The maximum Gasteiger partial charge on any atom is 0.297 e. The fourth-order valence-corrected chi connectivity index (χ4v) is 7.25. The topological polar surface area (TPSA) is 147 Å². The summed E-state index contributed by atoms with van der Waals surface area (Å²) in [6.07, 6.45) is 0. The molecule has 0 aliphatic heterocycles. The normalized spacial score (nSPS) is 12.4. The van der Waals surface area contributed by atoms with Gasteiger partial charge in [0.05, 0.1) is 21.2 Å². The van der Waals surface area contributed by atoms with E-state index in [1.807, 2.05) is 0 Å². The van der Waals surface area contributed by atoms with E-state index in [1.54, 1.807) is 42.5 Å². The van der Waals surface area contributed by atoms with E-state index in [0.29, 0.717) is 5.39 Å². The zero-order valence-corrected chi connectivity index (χ0v) is 21.9. The van der Waals surface area contributed by atoms with E-state index in [1.165, 1.54) is 60.7 Å². The first-order valence-electron chi connectivity index (χ1n) is 11.1. The predicted molar refractivity (Wildman–Crippen MR) is 146 cm³/mol. The molecule has 5 aromatic carbocycles. The van der Waals surface area contributed by atoms with Gasteiger partial charge in [-0.25, -0.2) is 16.8 Å². The van der Waals surface area contributed by atoms with Crippen molar-refractivity contribution < 1.29 is 29.8 Å². The van der Waals surface area contributed by atoms with Crippen LogP contribution in [0.15, 0.2) is 118 Å². The summed E-state index contributed by atoms with van der Waals surface area (Å²) in [6, 6.07) is 25.9. The molecule has 5 rings (SSSR count). The number of anilines is 2. The minimum atomic E-state index is -5.05. The Morgan fingerprint density at radius 1 is 0.526 bits per heavy atom. The molecule has 0 radical (unpaired) electrons. The Bertz CT molecular complexity index is 2030. The van der Waals surface area contributed by atoms with E-state index in [-0.39, 0.29) is 26.3 Å². The summed E-state index contributed by atoms with van der Waals surface area (Å²) in [7, 11) is -13.8. The van der Waals surface area contributed by atoms with Crippen LogP contribution in [0.1, 0.15) is 0 Å². The average Bonchev–Trinajstić information content (AvgIpc) is 2.88. The summed E-state index contributed by atoms with van der Waals surface area (Å²) >= 11 is 0. The highest BCUT2D eigenvalue weighted by atomic mass is 32.2. The van der Waals surface area contributed by atoms with Gasteiger partial charge < -0.3 is 0 Å². The zero-order valence-electron chi connectivity index (χ0n) is 19.4. The molecule has 5 aromatic rings. The number of sulfonamides is 2. The summed E-state index contributed by atoms with van der Waals surface area (Å²) in [4.78, 5) is -1.11. The first-order chi connectivity index (χ1) is 18.0. The van der Waals surface area contributed by atoms with Gasteiger partial charge >= 0.3 is 0 Å². The van der Waals surface area contributed by atoms with Crippen molar-refractivity contribution in [2.24, 2.45) is 0 Å². The number of hydrogen-bond donors (Lipinski definition) is 3. The average molecular weight is 569 g/mol. The Balaban J connectivity index is 1.74. The monoisotopic (exact) mass is 568 g/mol. The molecule has 194 valence electrons. The molecule has 0 spiro atoms. The molecule has 0 heterocycles. The van der Waals surface area contributed by atoms with E-state index in [2.05, 4.69) is 9.44 Å². The maximum absolute atomic E-state index is 13.5. The van der Waals surface area contributed by atoms with Crippen molar-refractivity contribution in [3.8, 4) is 0 Å². The predicted octanol–water partition coefficient (Wildman–Crippen LogP) is 4.84. The lowest BCUT2D eigenvalue weighted by Crippen LogP contribution is -2.20. The number of benzene rings is 5. The molecule has 0 atom stereocenters. The van der Waals surface area contributed by atoms with Gasteiger partial charge in [-0.15, -0.1) is 0 Å². The number of rotatable bonds is 7. The molecular formula is C26H20N2O7S3. The van der Waals surface area contributed by atoms with Gasteiger partial charge in [-0.05, 0) is 46.5 Å². The van der Waals surface area contributed by atoms with E-state index in [9.17, 15) is 29.8 Å². The lowest BCUT2D eigenvalue weighted by molar-refractivity contribution is 0.484. The molecule has 0 saturated heterocycles. The minimum absolute atomic E-state index is 0.00568. The number of hydrogen-bond acceptors (Lipinski definition) is 6. The molecule has 12 heteroatoms. The lowest BCUT2D eigenvalue weighted by Gasteiger charge is -2.19. The van der Waals surface area contributed by atoms with E-state index in [0.717, 1.165) is 5.39 Å². The van der Waals surface area contributed by atoms with Crippen LogP contribution in [0.2, 0.25) is 0 Å². The second-order valence-electron chi connectivity index (χ2n) is 8.36. The van der Waals surface area contributed by atoms with Gasteiger partial charge in [-0.1, -0.05) is 72.8 Å².